The maximum atomic E-state index is 13.0. The summed E-state index contributed by atoms with van der Waals surface area (Å²) >= 11 is 0. The third-order valence-electron chi connectivity index (χ3n) is 5.61. The third kappa shape index (κ3) is 3.05. The van der Waals surface area contributed by atoms with Gasteiger partial charge in [-0.1, -0.05) is 0 Å². The van der Waals surface area contributed by atoms with Gasteiger partial charge in [0.15, 0.2) is 0 Å². The Balaban J connectivity index is 1.60. The number of hydrogen-bond donors (Lipinski definition) is 0. The lowest BCUT2D eigenvalue weighted by atomic mass is 10.1. The quantitative estimate of drug-likeness (QED) is 0.761. The fourth-order valence-corrected chi connectivity index (χ4v) is 4.10. The number of hydrogen-bond acceptors (Lipinski definition) is 4. The molecule has 3 aliphatic rings. The first-order valence-corrected chi connectivity index (χ1v) is 8.81. The molecule has 2 atom stereocenters. The van der Waals surface area contributed by atoms with Crippen LogP contribution in [0.25, 0.3) is 0 Å². The van der Waals surface area contributed by atoms with E-state index in [0.717, 1.165) is 38.2 Å². The van der Waals surface area contributed by atoms with E-state index in [1.54, 1.807) is 7.05 Å². The Bertz CT molecular complexity index is 703. The van der Waals surface area contributed by atoms with Gasteiger partial charge in [-0.3, -0.25) is 9.69 Å². The minimum absolute atomic E-state index is 0.0191. The molecule has 1 amide bonds. The van der Waals surface area contributed by atoms with E-state index >= 15 is 0 Å². The van der Waals surface area contributed by atoms with Gasteiger partial charge >= 0.3 is 6.18 Å². The molecular weight excluding hydrogens is 349 g/mol. The van der Waals surface area contributed by atoms with Crippen molar-refractivity contribution in [3.05, 3.63) is 29.3 Å². The molecule has 4 rings (SSSR count). The van der Waals surface area contributed by atoms with E-state index in [4.69, 9.17) is 9.47 Å². The maximum absolute atomic E-state index is 13.0. The molecule has 2 fully saturated rings. The van der Waals surface area contributed by atoms with Crippen molar-refractivity contribution in [2.45, 2.75) is 37.2 Å². The Labute approximate surface area is 149 Å². The van der Waals surface area contributed by atoms with Crippen LogP contribution in [0.1, 0.15) is 28.8 Å². The Morgan fingerprint density at radius 3 is 2.58 bits per heavy atom. The lowest BCUT2D eigenvalue weighted by Crippen LogP contribution is -2.44. The highest BCUT2D eigenvalue weighted by Crippen LogP contribution is 2.36. The summed E-state index contributed by atoms with van der Waals surface area (Å²) in [5.74, 6) is -0.191. The highest BCUT2D eigenvalue weighted by Gasteiger charge is 2.44. The molecule has 1 aromatic rings. The summed E-state index contributed by atoms with van der Waals surface area (Å²) in [4.78, 5) is 16.6. The minimum atomic E-state index is -4.49. The summed E-state index contributed by atoms with van der Waals surface area (Å²) in [6, 6.07) is 3.36. The van der Waals surface area contributed by atoms with Gasteiger partial charge in [-0.25, -0.2) is 0 Å². The van der Waals surface area contributed by atoms with E-state index < -0.39 is 17.6 Å². The van der Waals surface area contributed by atoms with E-state index in [9.17, 15) is 18.0 Å². The van der Waals surface area contributed by atoms with Crippen molar-refractivity contribution < 1.29 is 27.4 Å². The summed E-state index contributed by atoms with van der Waals surface area (Å²) in [6.45, 7) is 2.79. The molecule has 3 heterocycles. The van der Waals surface area contributed by atoms with Gasteiger partial charge in [-0.2, -0.15) is 13.2 Å². The Morgan fingerprint density at radius 2 is 1.88 bits per heavy atom. The molecule has 0 saturated carbocycles. The molecule has 26 heavy (non-hydrogen) atoms. The molecule has 8 heteroatoms. The number of amides is 1. The van der Waals surface area contributed by atoms with Crippen molar-refractivity contribution in [2.75, 3.05) is 33.4 Å². The highest BCUT2D eigenvalue weighted by molar-refractivity contribution is 5.97. The smallest absolute Gasteiger partial charge is 0.416 e. The number of halogens is 3. The van der Waals surface area contributed by atoms with Crippen LogP contribution < -0.4 is 4.74 Å². The van der Waals surface area contributed by atoms with Crippen molar-refractivity contribution in [3.63, 3.8) is 0 Å². The van der Waals surface area contributed by atoms with Gasteiger partial charge in [-0.15, -0.1) is 0 Å². The van der Waals surface area contributed by atoms with Gasteiger partial charge in [0.2, 0.25) is 0 Å². The molecule has 0 aliphatic carbocycles. The van der Waals surface area contributed by atoms with Gasteiger partial charge < -0.3 is 14.4 Å². The van der Waals surface area contributed by atoms with Gasteiger partial charge in [0.25, 0.3) is 5.91 Å². The summed E-state index contributed by atoms with van der Waals surface area (Å²) < 4.78 is 50.4. The average molecular weight is 370 g/mol. The zero-order valence-electron chi connectivity index (χ0n) is 14.5. The van der Waals surface area contributed by atoms with Crippen LogP contribution in [-0.2, 0) is 10.9 Å². The highest BCUT2D eigenvalue weighted by atomic mass is 19.4. The Hall–Kier alpha value is -1.80. The number of fused-ring (bicyclic) bond motifs is 2. The lowest BCUT2D eigenvalue weighted by molar-refractivity contribution is -0.137. The SMILES string of the molecule is CN1C(=O)c2cc(C(F)(F)F)ccc2OC2CN(C3CCOCC3)CC21. The molecule has 0 spiro atoms. The predicted octanol–water partition coefficient (Wildman–Crippen LogP) is 2.40. The van der Waals surface area contributed by atoms with Crippen molar-refractivity contribution in [3.8, 4) is 5.75 Å². The molecule has 2 saturated heterocycles. The second-order valence-electron chi connectivity index (χ2n) is 7.15. The first-order chi connectivity index (χ1) is 12.3. The summed E-state index contributed by atoms with van der Waals surface area (Å²) in [5.41, 5.74) is -0.855. The number of carbonyl (C=O) groups is 1. The van der Waals surface area contributed by atoms with Crippen LogP contribution in [0.15, 0.2) is 18.2 Å². The van der Waals surface area contributed by atoms with Crippen molar-refractivity contribution >= 4 is 5.91 Å². The van der Waals surface area contributed by atoms with Crippen LogP contribution in [0.4, 0.5) is 13.2 Å². The fourth-order valence-electron chi connectivity index (χ4n) is 4.10. The monoisotopic (exact) mass is 370 g/mol. The molecular formula is C18H21F3N2O3. The van der Waals surface area contributed by atoms with E-state index in [-0.39, 0.29) is 23.5 Å². The van der Waals surface area contributed by atoms with Gasteiger partial charge in [0.05, 0.1) is 17.2 Å². The van der Waals surface area contributed by atoms with Crippen LogP contribution in [0.3, 0.4) is 0 Å². The molecule has 142 valence electrons. The standard InChI is InChI=1S/C18H21F3N2O3/c1-22-14-9-23(12-4-6-25-7-5-12)10-16(14)26-15-3-2-11(18(19,20)21)8-13(15)17(22)24/h2-3,8,12,14,16H,4-7,9-10H2,1H3. The normalized spacial score (nSPS) is 27.7. The Morgan fingerprint density at radius 1 is 1.15 bits per heavy atom. The van der Waals surface area contributed by atoms with E-state index in [1.165, 1.54) is 11.0 Å². The zero-order valence-corrected chi connectivity index (χ0v) is 14.5. The number of likely N-dealkylation sites (N-methyl/N-ethyl adjacent to an activating group) is 1. The summed E-state index contributed by atoms with van der Waals surface area (Å²) in [5, 5.41) is 0. The molecule has 2 unspecified atom stereocenters. The van der Waals surface area contributed by atoms with Crippen molar-refractivity contribution in [1.82, 2.24) is 9.80 Å². The molecule has 3 aliphatic heterocycles. The second kappa shape index (κ2) is 6.42. The molecule has 0 N–H and O–H groups in total. The zero-order chi connectivity index (χ0) is 18.5. The Kier molecular flexibility index (Phi) is 4.35. The second-order valence-corrected chi connectivity index (χ2v) is 7.15. The summed E-state index contributed by atoms with van der Waals surface area (Å²) in [6.07, 6.45) is -2.84. The van der Waals surface area contributed by atoms with Crippen LogP contribution in [0.5, 0.6) is 5.75 Å². The number of benzene rings is 1. The number of carbonyl (C=O) groups excluding carboxylic acids is 1. The van der Waals surface area contributed by atoms with Crippen LogP contribution >= 0.6 is 0 Å². The van der Waals surface area contributed by atoms with Crippen LogP contribution in [0.2, 0.25) is 0 Å². The largest absolute Gasteiger partial charge is 0.486 e. The molecule has 0 aromatic heterocycles. The third-order valence-corrected chi connectivity index (χ3v) is 5.61. The first-order valence-electron chi connectivity index (χ1n) is 8.81. The number of ether oxygens (including phenoxy) is 2. The van der Waals surface area contributed by atoms with E-state index in [0.29, 0.717) is 19.1 Å². The lowest BCUT2D eigenvalue weighted by Gasteiger charge is -2.31. The maximum Gasteiger partial charge on any atom is 0.416 e. The van der Waals surface area contributed by atoms with E-state index in [1.807, 2.05) is 0 Å². The van der Waals surface area contributed by atoms with Gasteiger partial charge in [-0.05, 0) is 31.0 Å². The number of nitrogens with zero attached hydrogens (tertiary/aromatic N) is 2. The van der Waals surface area contributed by atoms with E-state index in [2.05, 4.69) is 4.90 Å². The summed E-state index contributed by atoms with van der Waals surface area (Å²) in [7, 11) is 1.65. The van der Waals surface area contributed by atoms with Crippen LogP contribution in [-0.4, -0.2) is 67.2 Å². The molecule has 0 radical (unpaired) electrons. The first kappa shape index (κ1) is 17.6. The van der Waals surface area contributed by atoms with Gasteiger partial charge in [0, 0.05) is 39.4 Å². The van der Waals surface area contributed by atoms with Crippen molar-refractivity contribution in [2.24, 2.45) is 0 Å². The molecule has 5 nitrogen and oxygen atoms in total. The minimum Gasteiger partial charge on any atom is -0.486 e. The predicted molar refractivity (Wildman–Crippen MR) is 87.2 cm³/mol. The molecule has 1 aromatic carbocycles. The number of alkyl halides is 3. The van der Waals surface area contributed by atoms with Crippen molar-refractivity contribution in [1.29, 1.82) is 0 Å². The van der Waals surface area contributed by atoms with Gasteiger partial charge in [0.1, 0.15) is 11.9 Å². The number of likely N-dealkylation sites (tertiary alicyclic amines) is 1. The topological polar surface area (TPSA) is 42.0 Å². The number of rotatable bonds is 1. The fraction of sp³-hybridized carbons (Fsp3) is 0.611. The average Bonchev–Trinajstić information content (AvgIpc) is 3.01. The molecule has 0 bridgehead atoms. The van der Waals surface area contributed by atoms with Crippen LogP contribution in [0, 0.1) is 0 Å².